The number of aromatic amines is 1. The van der Waals surface area contributed by atoms with E-state index in [4.69, 9.17) is 11.6 Å². The van der Waals surface area contributed by atoms with Gasteiger partial charge in [-0.1, -0.05) is 0 Å². The Hall–Kier alpha value is -1.36. The summed E-state index contributed by atoms with van der Waals surface area (Å²) in [5, 5.41) is 8.45. The molecule has 70 valence electrons. The highest BCUT2D eigenvalue weighted by Gasteiger charge is 2.07. The van der Waals surface area contributed by atoms with Crippen LogP contribution in [-0.4, -0.2) is 34.3 Å². The molecular formula is C7H8ClN3O2. The van der Waals surface area contributed by atoms with Crippen molar-refractivity contribution in [2.45, 2.75) is 0 Å². The van der Waals surface area contributed by atoms with E-state index in [-0.39, 0.29) is 24.1 Å². The molecule has 0 saturated heterocycles. The second-order valence-electron chi connectivity index (χ2n) is 2.30. The lowest BCUT2D eigenvalue weighted by Gasteiger charge is -1.99. The number of nitrogens with one attached hydrogen (secondary N) is 2. The van der Waals surface area contributed by atoms with Crippen LogP contribution in [0, 0.1) is 0 Å². The van der Waals surface area contributed by atoms with E-state index in [0.717, 1.165) is 0 Å². The third kappa shape index (κ3) is 2.87. The van der Waals surface area contributed by atoms with Crippen LogP contribution in [-0.2, 0) is 4.79 Å². The first-order valence-corrected chi connectivity index (χ1v) is 4.12. The molecule has 2 N–H and O–H groups in total. The van der Waals surface area contributed by atoms with Gasteiger partial charge in [-0.15, -0.1) is 11.6 Å². The first-order chi connectivity index (χ1) is 6.24. The number of aromatic nitrogens is 2. The van der Waals surface area contributed by atoms with E-state index in [2.05, 4.69) is 15.5 Å². The van der Waals surface area contributed by atoms with Crippen molar-refractivity contribution in [3.63, 3.8) is 0 Å². The van der Waals surface area contributed by atoms with Gasteiger partial charge in [0.1, 0.15) is 11.6 Å². The van der Waals surface area contributed by atoms with E-state index >= 15 is 0 Å². The standard InChI is InChI=1S/C7H8ClN3O2/c8-3-7(13)9-4-6(12)5-1-2-10-11-5/h1-2H,3-4H2,(H,9,13)(H,10,11). The molecule has 6 heteroatoms. The predicted molar refractivity (Wildman–Crippen MR) is 46.6 cm³/mol. The Balaban J connectivity index is 2.39. The third-order valence-electron chi connectivity index (χ3n) is 1.37. The fourth-order valence-electron chi connectivity index (χ4n) is 0.733. The van der Waals surface area contributed by atoms with Crippen LogP contribution in [0.25, 0.3) is 0 Å². The van der Waals surface area contributed by atoms with Gasteiger partial charge < -0.3 is 5.32 Å². The molecule has 0 atom stereocenters. The Morgan fingerprint density at radius 2 is 2.38 bits per heavy atom. The van der Waals surface area contributed by atoms with Gasteiger partial charge in [-0.25, -0.2) is 0 Å². The number of alkyl halides is 1. The number of carbonyl (C=O) groups is 2. The highest BCUT2D eigenvalue weighted by atomic mass is 35.5. The number of amides is 1. The monoisotopic (exact) mass is 201 g/mol. The van der Waals surface area contributed by atoms with Crippen LogP contribution in [0.5, 0.6) is 0 Å². The van der Waals surface area contributed by atoms with Gasteiger partial charge >= 0.3 is 0 Å². The topological polar surface area (TPSA) is 74.8 Å². The molecule has 0 spiro atoms. The van der Waals surface area contributed by atoms with Crippen molar-refractivity contribution in [2.24, 2.45) is 0 Å². The summed E-state index contributed by atoms with van der Waals surface area (Å²) in [6.45, 7) is -0.0618. The first-order valence-electron chi connectivity index (χ1n) is 3.59. The molecule has 0 fully saturated rings. The minimum Gasteiger partial charge on any atom is -0.348 e. The molecule has 0 aliphatic heterocycles. The minimum atomic E-state index is -0.366. The summed E-state index contributed by atoms with van der Waals surface area (Å²) in [6, 6.07) is 1.54. The molecule has 0 aliphatic rings. The molecule has 1 aromatic rings. The van der Waals surface area contributed by atoms with Gasteiger partial charge in [0.15, 0.2) is 5.78 Å². The summed E-state index contributed by atoms with van der Waals surface area (Å²) in [7, 11) is 0. The summed E-state index contributed by atoms with van der Waals surface area (Å²) < 4.78 is 0. The fraction of sp³-hybridized carbons (Fsp3) is 0.286. The largest absolute Gasteiger partial charge is 0.348 e. The summed E-state index contributed by atoms with van der Waals surface area (Å²) in [6.07, 6.45) is 1.47. The van der Waals surface area contributed by atoms with Gasteiger partial charge in [-0.3, -0.25) is 14.7 Å². The molecule has 13 heavy (non-hydrogen) atoms. The first kappa shape index (κ1) is 9.73. The van der Waals surface area contributed by atoms with Crippen molar-refractivity contribution < 1.29 is 9.59 Å². The number of ketones is 1. The molecule has 0 saturated carbocycles. The summed E-state index contributed by atoms with van der Waals surface area (Å²) in [4.78, 5) is 21.9. The number of nitrogens with zero attached hydrogens (tertiary/aromatic N) is 1. The molecule has 1 rings (SSSR count). The summed E-state index contributed by atoms with van der Waals surface area (Å²) in [5.74, 6) is -0.735. The van der Waals surface area contributed by atoms with Crippen LogP contribution >= 0.6 is 11.6 Å². The average Bonchev–Trinajstić information content (AvgIpc) is 2.66. The zero-order chi connectivity index (χ0) is 9.68. The molecule has 0 unspecified atom stereocenters. The van der Waals surface area contributed by atoms with Crippen LogP contribution < -0.4 is 5.32 Å². The summed E-state index contributed by atoms with van der Waals surface area (Å²) in [5.41, 5.74) is 0.370. The molecular weight excluding hydrogens is 194 g/mol. The number of Topliss-reactive ketones (excluding diaryl/α,β-unsaturated/α-hetero) is 1. The number of rotatable bonds is 4. The molecule has 1 aromatic heterocycles. The number of hydrogen-bond acceptors (Lipinski definition) is 3. The van der Waals surface area contributed by atoms with Gasteiger partial charge in [-0.05, 0) is 6.07 Å². The van der Waals surface area contributed by atoms with Crippen molar-refractivity contribution >= 4 is 23.3 Å². The predicted octanol–water partition coefficient (Wildman–Crippen LogP) is -0.0526. The molecule has 0 aromatic carbocycles. The quantitative estimate of drug-likeness (QED) is 0.530. The second kappa shape index (κ2) is 4.61. The van der Waals surface area contributed by atoms with Crippen LogP contribution in [0.4, 0.5) is 0 Å². The highest BCUT2D eigenvalue weighted by molar-refractivity contribution is 6.27. The normalized spacial score (nSPS) is 9.62. The van der Waals surface area contributed by atoms with Crippen LogP contribution in [0.2, 0.25) is 0 Å². The lowest BCUT2D eigenvalue weighted by Crippen LogP contribution is -2.30. The molecule has 0 radical (unpaired) electrons. The van der Waals surface area contributed by atoms with E-state index < -0.39 is 0 Å². The van der Waals surface area contributed by atoms with E-state index in [9.17, 15) is 9.59 Å². The van der Waals surface area contributed by atoms with Gasteiger partial charge in [0, 0.05) is 6.20 Å². The maximum atomic E-state index is 11.2. The van der Waals surface area contributed by atoms with Gasteiger partial charge in [0.25, 0.3) is 0 Å². The second-order valence-corrected chi connectivity index (χ2v) is 2.57. The lowest BCUT2D eigenvalue weighted by molar-refractivity contribution is -0.118. The SMILES string of the molecule is O=C(CCl)NCC(=O)c1ccn[nH]1. The van der Waals surface area contributed by atoms with Crippen LogP contribution in [0.1, 0.15) is 10.5 Å². The lowest BCUT2D eigenvalue weighted by atomic mass is 10.3. The molecule has 0 bridgehead atoms. The molecule has 5 nitrogen and oxygen atoms in total. The van der Waals surface area contributed by atoms with Gasteiger partial charge in [-0.2, -0.15) is 5.10 Å². The molecule has 0 aliphatic carbocycles. The van der Waals surface area contributed by atoms with E-state index in [1.165, 1.54) is 12.3 Å². The van der Waals surface area contributed by atoms with Gasteiger partial charge in [0.05, 0.1) is 6.54 Å². The Bertz CT molecular complexity index is 297. The fourth-order valence-corrected chi connectivity index (χ4v) is 0.827. The maximum Gasteiger partial charge on any atom is 0.235 e. The smallest absolute Gasteiger partial charge is 0.235 e. The number of halogens is 1. The van der Waals surface area contributed by atoms with Crippen molar-refractivity contribution in [2.75, 3.05) is 12.4 Å². The van der Waals surface area contributed by atoms with E-state index in [1.807, 2.05) is 0 Å². The van der Waals surface area contributed by atoms with Crippen molar-refractivity contribution in [1.82, 2.24) is 15.5 Å². The van der Waals surface area contributed by atoms with E-state index in [0.29, 0.717) is 5.69 Å². The average molecular weight is 202 g/mol. The highest BCUT2D eigenvalue weighted by Crippen LogP contribution is 1.91. The Morgan fingerprint density at radius 3 is 2.92 bits per heavy atom. The third-order valence-corrected chi connectivity index (χ3v) is 1.61. The Labute approximate surface area is 79.5 Å². The van der Waals surface area contributed by atoms with Crippen LogP contribution in [0.15, 0.2) is 12.3 Å². The minimum absolute atomic E-state index is 0.0618. The van der Waals surface area contributed by atoms with Gasteiger partial charge in [0.2, 0.25) is 5.91 Å². The number of hydrogen-bond donors (Lipinski definition) is 2. The Morgan fingerprint density at radius 1 is 1.62 bits per heavy atom. The van der Waals surface area contributed by atoms with E-state index in [1.54, 1.807) is 0 Å². The van der Waals surface area contributed by atoms with Crippen molar-refractivity contribution in [3.8, 4) is 0 Å². The molecule has 1 heterocycles. The Kier molecular flexibility index (Phi) is 3.45. The maximum absolute atomic E-state index is 11.2. The van der Waals surface area contributed by atoms with Crippen molar-refractivity contribution in [3.05, 3.63) is 18.0 Å². The number of carbonyl (C=O) groups excluding carboxylic acids is 2. The zero-order valence-electron chi connectivity index (χ0n) is 6.71. The number of H-pyrrole nitrogens is 1. The van der Waals surface area contributed by atoms with Crippen LogP contribution in [0.3, 0.4) is 0 Å². The summed E-state index contributed by atoms with van der Waals surface area (Å²) >= 11 is 5.22. The molecule has 1 amide bonds. The zero-order valence-corrected chi connectivity index (χ0v) is 7.47. The van der Waals surface area contributed by atoms with Crippen molar-refractivity contribution in [1.29, 1.82) is 0 Å².